The lowest BCUT2D eigenvalue weighted by atomic mass is 9.82. The zero-order chi connectivity index (χ0) is 23.7. The number of carbonyl (C=O) groups is 1. The van der Waals surface area contributed by atoms with Gasteiger partial charge >= 0.3 is 11.7 Å². The number of esters is 1. The topological polar surface area (TPSA) is 91.6 Å². The van der Waals surface area contributed by atoms with Crippen LogP contribution in [0, 0.1) is 0 Å². The molecule has 170 valence electrons. The first-order chi connectivity index (χ1) is 15.8. The van der Waals surface area contributed by atoms with Gasteiger partial charge in [0.2, 0.25) is 0 Å². The van der Waals surface area contributed by atoms with Gasteiger partial charge in [-0.15, -0.1) is 0 Å². The third-order valence-electron chi connectivity index (χ3n) is 5.87. The fourth-order valence-corrected chi connectivity index (χ4v) is 4.09. The molecule has 1 atom stereocenters. The van der Waals surface area contributed by atoms with Crippen molar-refractivity contribution in [2.45, 2.75) is 19.4 Å². The first kappa shape index (κ1) is 22.1. The number of nitrogens with zero attached hydrogens (tertiary/aromatic N) is 2. The molecule has 0 saturated carbocycles. The van der Waals surface area contributed by atoms with Crippen molar-refractivity contribution in [1.29, 1.82) is 0 Å². The number of hydrogen-bond acceptors (Lipinski definition) is 6. The molecule has 0 spiro atoms. The van der Waals surface area contributed by atoms with Gasteiger partial charge in [0.05, 0.1) is 24.2 Å². The van der Waals surface area contributed by atoms with E-state index in [-0.39, 0.29) is 6.61 Å². The molecule has 0 amide bonds. The van der Waals surface area contributed by atoms with Crippen molar-refractivity contribution in [3.8, 4) is 5.75 Å². The van der Waals surface area contributed by atoms with Crippen molar-refractivity contribution in [2.75, 3.05) is 12.4 Å². The summed E-state index contributed by atoms with van der Waals surface area (Å²) in [6.45, 7) is 1.84. The van der Waals surface area contributed by atoms with E-state index in [1.807, 2.05) is 30.3 Å². The van der Waals surface area contributed by atoms with E-state index in [1.54, 1.807) is 45.3 Å². The van der Waals surface area contributed by atoms with Gasteiger partial charge in [0.15, 0.2) is 0 Å². The molecule has 1 aliphatic rings. The molecule has 1 aliphatic heterocycles. The van der Waals surface area contributed by atoms with Gasteiger partial charge in [-0.25, -0.2) is 9.59 Å². The summed E-state index contributed by atoms with van der Waals surface area (Å²) >= 11 is 0. The number of benzene rings is 2. The molecule has 1 N–H and O–H groups in total. The minimum absolute atomic E-state index is 0.101. The summed E-state index contributed by atoms with van der Waals surface area (Å²) in [5, 5.41) is 3.09. The van der Waals surface area contributed by atoms with E-state index >= 15 is 0 Å². The van der Waals surface area contributed by atoms with Gasteiger partial charge < -0.3 is 14.8 Å². The van der Waals surface area contributed by atoms with Gasteiger partial charge in [0.25, 0.3) is 5.56 Å². The maximum Gasteiger partial charge on any atom is 0.337 e. The highest BCUT2D eigenvalue weighted by molar-refractivity contribution is 5.94. The molecule has 2 aromatic carbocycles. The number of fused-ring (bicyclic) bond motifs is 1. The molecule has 1 aromatic heterocycles. The van der Waals surface area contributed by atoms with Gasteiger partial charge in [-0.3, -0.25) is 13.9 Å². The highest BCUT2D eigenvalue weighted by atomic mass is 16.5. The van der Waals surface area contributed by atoms with Crippen LogP contribution in [0.25, 0.3) is 0 Å². The molecular formula is C25H25N3O5. The first-order valence-corrected chi connectivity index (χ1v) is 10.5. The molecule has 4 rings (SSSR count). The van der Waals surface area contributed by atoms with Crippen LogP contribution in [0.1, 0.15) is 29.5 Å². The Morgan fingerprint density at radius 2 is 1.67 bits per heavy atom. The predicted octanol–water partition coefficient (Wildman–Crippen LogP) is 2.67. The molecule has 3 aromatic rings. The Balaban J connectivity index is 1.85. The van der Waals surface area contributed by atoms with Crippen LogP contribution in [-0.2, 0) is 30.2 Å². The Bertz CT molecular complexity index is 1350. The Labute approximate surface area is 190 Å². The molecule has 1 unspecified atom stereocenters. The van der Waals surface area contributed by atoms with Crippen LogP contribution in [0.15, 0.2) is 75.5 Å². The number of nitrogens with one attached hydrogen (secondary N) is 1. The minimum Gasteiger partial charge on any atom is -0.497 e. The lowest BCUT2D eigenvalue weighted by Crippen LogP contribution is -2.43. The van der Waals surface area contributed by atoms with Crippen LogP contribution >= 0.6 is 0 Å². The van der Waals surface area contributed by atoms with Crippen molar-refractivity contribution in [3.05, 3.63) is 103 Å². The van der Waals surface area contributed by atoms with Gasteiger partial charge in [-0.1, -0.05) is 42.5 Å². The number of hydrogen-bond donors (Lipinski definition) is 1. The van der Waals surface area contributed by atoms with Crippen LogP contribution in [0.2, 0.25) is 0 Å². The maximum atomic E-state index is 13.3. The molecule has 0 radical (unpaired) electrons. The Kier molecular flexibility index (Phi) is 5.91. The van der Waals surface area contributed by atoms with Crippen molar-refractivity contribution in [2.24, 2.45) is 14.1 Å². The third-order valence-corrected chi connectivity index (χ3v) is 5.87. The van der Waals surface area contributed by atoms with Crippen LogP contribution in [0.4, 0.5) is 5.82 Å². The Morgan fingerprint density at radius 1 is 1.00 bits per heavy atom. The number of carbonyl (C=O) groups excluding carboxylic acids is 1. The largest absolute Gasteiger partial charge is 0.497 e. The number of ether oxygens (including phenoxy) is 2. The Morgan fingerprint density at radius 3 is 2.30 bits per heavy atom. The van der Waals surface area contributed by atoms with E-state index < -0.39 is 23.1 Å². The van der Waals surface area contributed by atoms with Crippen molar-refractivity contribution >= 4 is 11.8 Å². The van der Waals surface area contributed by atoms with E-state index in [1.165, 1.54) is 11.6 Å². The molecule has 2 heterocycles. The highest BCUT2D eigenvalue weighted by Gasteiger charge is 2.37. The quantitative estimate of drug-likeness (QED) is 0.605. The van der Waals surface area contributed by atoms with Gasteiger partial charge in [-0.05, 0) is 30.2 Å². The number of aromatic nitrogens is 2. The van der Waals surface area contributed by atoms with Gasteiger partial charge in [0.1, 0.15) is 18.2 Å². The fourth-order valence-electron chi connectivity index (χ4n) is 4.09. The fraction of sp³-hybridized carbons (Fsp3) is 0.240. The summed E-state index contributed by atoms with van der Waals surface area (Å²) in [4.78, 5) is 39.1. The van der Waals surface area contributed by atoms with E-state index in [9.17, 15) is 14.4 Å². The second-order valence-corrected chi connectivity index (χ2v) is 7.90. The summed E-state index contributed by atoms with van der Waals surface area (Å²) in [5.74, 6) is -0.247. The van der Waals surface area contributed by atoms with Crippen LogP contribution in [-0.4, -0.2) is 22.2 Å². The summed E-state index contributed by atoms with van der Waals surface area (Å²) in [6, 6.07) is 16.5. The molecule has 8 nitrogen and oxygen atoms in total. The lowest BCUT2D eigenvalue weighted by Gasteiger charge is -2.31. The SMILES string of the molecule is COc1ccc(C2C(C(=O)OCc3ccccc3)=C(C)Nc3c2c(=O)n(C)c(=O)n3C)cc1. The predicted molar refractivity (Wildman–Crippen MR) is 124 cm³/mol. The second-order valence-electron chi connectivity index (χ2n) is 7.90. The third kappa shape index (κ3) is 3.95. The van der Waals surface area contributed by atoms with Crippen LogP contribution in [0.5, 0.6) is 5.75 Å². The standard InChI is InChI=1S/C25H25N3O5/c1-15-19(24(30)33-14-16-8-6-5-7-9-16)20(17-10-12-18(32-4)13-11-17)21-22(26-15)27(2)25(31)28(3)23(21)29/h5-13,20,26H,14H2,1-4H3. The van der Waals surface area contributed by atoms with E-state index in [2.05, 4.69) is 5.32 Å². The normalized spacial score (nSPS) is 15.0. The zero-order valence-electron chi connectivity index (χ0n) is 18.9. The number of allylic oxidation sites excluding steroid dienone is 1. The monoisotopic (exact) mass is 447 g/mol. The van der Waals surface area contributed by atoms with Gasteiger partial charge in [0, 0.05) is 19.8 Å². The average molecular weight is 447 g/mol. The molecule has 0 aliphatic carbocycles. The zero-order valence-corrected chi connectivity index (χ0v) is 18.9. The lowest BCUT2D eigenvalue weighted by molar-refractivity contribution is -0.140. The van der Waals surface area contributed by atoms with Crippen LogP contribution in [0.3, 0.4) is 0 Å². The smallest absolute Gasteiger partial charge is 0.337 e. The van der Waals surface area contributed by atoms with E-state index in [0.717, 1.165) is 10.1 Å². The molecule has 8 heteroatoms. The number of anilines is 1. The van der Waals surface area contributed by atoms with Crippen molar-refractivity contribution in [3.63, 3.8) is 0 Å². The molecule has 0 fully saturated rings. The van der Waals surface area contributed by atoms with E-state index in [0.29, 0.717) is 34.0 Å². The minimum atomic E-state index is -0.721. The first-order valence-electron chi connectivity index (χ1n) is 10.5. The summed E-state index contributed by atoms with van der Waals surface area (Å²) in [7, 11) is 4.58. The van der Waals surface area contributed by atoms with Crippen LogP contribution < -0.4 is 21.3 Å². The molecule has 0 bridgehead atoms. The van der Waals surface area contributed by atoms with E-state index in [4.69, 9.17) is 9.47 Å². The van der Waals surface area contributed by atoms with Crippen molar-refractivity contribution < 1.29 is 14.3 Å². The molecule has 33 heavy (non-hydrogen) atoms. The van der Waals surface area contributed by atoms with Gasteiger partial charge in [-0.2, -0.15) is 0 Å². The average Bonchev–Trinajstić information content (AvgIpc) is 2.84. The van der Waals surface area contributed by atoms with Crippen molar-refractivity contribution in [1.82, 2.24) is 9.13 Å². The molecule has 0 saturated heterocycles. The maximum absolute atomic E-state index is 13.3. The summed E-state index contributed by atoms with van der Waals surface area (Å²) in [5.41, 5.74) is 1.78. The summed E-state index contributed by atoms with van der Waals surface area (Å²) in [6.07, 6.45) is 0. The number of rotatable bonds is 5. The second kappa shape index (κ2) is 8.82. The number of methoxy groups -OCH3 is 1. The molecular weight excluding hydrogens is 422 g/mol. The Hall–Kier alpha value is -4.07. The summed E-state index contributed by atoms with van der Waals surface area (Å²) < 4.78 is 13.3. The highest BCUT2D eigenvalue weighted by Crippen LogP contribution is 2.40.